The van der Waals surface area contributed by atoms with Gasteiger partial charge in [0.25, 0.3) is 0 Å². The van der Waals surface area contributed by atoms with E-state index >= 15 is 0 Å². The SMILES string of the molecule is Cc1ccc(-c2[c-]ccc3c2oc2c(-c4ccccc4)c(F)ccc23)nc1.Cc1ccc(-c2[c-]cccc2)nc1.[Ir]. The Kier molecular flexibility index (Phi) is 8.49. The van der Waals surface area contributed by atoms with Crippen LogP contribution in [0.2, 0.25) is 0 Å². The number of aromatic nitrogens is 2. The summed E-state index contributed by atoms with van der Waals surface area (Å²) in [6.07, 6.45) is 3.69. The molecule has 0 aliphatic rings. The summed E-state index contributed by atoms with van der Waals surface area (Å²) in [4.78, 5) is 8.82. The zero-order valence-electron chi connectivity index (χ0n) is 22.5. The number of nitrogens with zero attached hydrogens (tertiary/aromatic N) is 2. The third kappa shape index (κ3) is 5.88. The average molecular weight is 713 g/mol. The van der Waals surface area contributed by atoms with Gasteiger partial charge < -0.3 is 14.4 Å². The molecule has 7 rings (SSSR count). The first-order valence-electron chi connectivity index (χ1n) is 13.0. The predicted molar refractivity (Wildman–Crippen MR) is 159 cm³/mol. The van der Waals surface area contributed by atoms with Crippen molar-refractivity contribution in [2.75, 3.05) is 0 Å². The summed E-state index contributed by atoms with van der Waals surface area (Å²) in [5, 5.41) is 1.81. The molecule has 0 bridgehead atoms. The van der Waals surface area contributed by atoms with Gasteiger partial charge in [-0.2, -0.15) is 0 Å². The first-order chi connectivity index (χ1) is 19.6. The summed E-state index contributed by atoms with van der Waals surface area (Å²) < 4.78 is 20.9. The maximum Gasteiger partial charge on any atom is 0.134 e. The molecule has 3 aromatic heterocycles. The molecule has 3 nitrogen and oxygen atoms in total. The molecule has 41 heavy (non-hydrogen) atoms. The van der Waals surface area contributed by atoms with Gasteiger partial charge in [-0.05, 0) is 54.1 Å². The van der Waals surface area contributed by atoms with Crippen molar-refractivity contribution in [1.29, 1.82) is 0 Å². The summed E-state index contributed by atoms with van der Waals surface area (Å²) in [5.41, 5.74) is 8.34. The van der Waals surface area contributed by atoms with E-state index in [1.165, 1.54) is 11.6 Å². The van der Waals surface area contributed by atoms with Crippen LogP contribution in [-0.2, 0) is 20.1 Å². The number of rotatable bonds is 3. The third-order valence-electron chi connectivity index (χ3n) is 6.68. The molecule has 0 saturated heterocycles. The smallest absolute Gasteiger partial charge is 0.134 e. The van der Waals surface area contributed by atoms with Crippen LogP contribution in [0.3, 0.4) is 0 Å². The standard InChI is InChI=1S/C24H15FNO.C12H10N.Ir/c1-15-10-13-21(26-14-15)19-9-5-8-17-18-11-12-20(25)22(24(18)27-23(17)19)16-6-3-2-4-7-16;1-10-7-8-12(13-9-10)11-5-3-2-4-6-11;/h2-8,10-14H,1H3;2-5,7-9H,1H3;/q2*-1;. The molecule has 0 fully saturated rings. The molecule has 0 aliphatic heterocycles. The molecule has 1 radical (unpaired) electrons. The van der Waals surface area contributed by atoms with Crippen molar-refractivity contribution in [3.63, 3.8) is 0 Å². The molecular formula is C36H25FIrN2O-2. The summed E-state index contributed by atoms with van der Waals surface area (Å²) in [7, 11) is 0. The fraction of sp³-hybridized carbons (Fsp3) is 0.0556. The molecule has 0 atom stereocenters. The van der Waals surface area contributed by atoms with Crippen molar-refractivity contribution >= 4 is 21.9 Å². The Balaban J connectivity index is 0.000000204. The summed E-state index contributed by atoms with van der Waals surface area (Å²) in [6.45, 7) is 4.03. The molecular weight excluding hydrogens is 688 g/mol. The van der Waals surface area contributed by atoms with Crippen molar-refractivity contribution in [1.82, 2.24) is 9.97 Å². The normalized spacial score (nSPS) is 10.6. The summed E-state index contributed by atoms with van der Waals surface area (Å²) >= 11 is 0. The first-order valence-corrected chi connectivity index (χ1v) is 13.0. The molecule has 0 N–H and O–H groups in total. The van der Waals surface area contributed by atoms with Crippen molar-refractivity contribution in [2.45, 2.75) is 13.8 Å². The molecule has 0 saturated carbocycles. The zero-order chi connectivity index (χ0) is 27.5. The van der Waals surface area contributed by atoms with Crippen LogP contribution in [0.5, 0.6) is 0 Å². The van der Waals surface area contributed by atoms with E-state index in [-0.39, 0.29) is 25.9 Å². The minimum atomic E-state index is -0.299. The largest absolute Gasteiger partial charge is 0.500 e. The number of aryl methyl sites for hydroxylation is 2. The number of benzene rings is 4. The first kappa shape index (κ1) is 28.1. The second kappa shape index (κ2) is 12.4. The Morgan fingerprint density at radius 3 is 1.98 bits per heavy atom. The molecule has 5 heteroatoms. The van der Waals surface area contributed by atoms with Crippen molar-refractivity contribution in [2.24, 2.45) is 0 Å². The summed E-state index contributed by atoms with van der Waals surface area (Å²) in [5.74, 6) is -0.299. The Labute approximate surface area is 252 Å². The number of pyridine rings is 2. The van der Waals surface area contributed by atoms with E-state index in [9.17, 15) is 4.39 Å². The van der Waals surface area contributed by atoms with Crippen LogP contribution in [0.15, 0.2) is 120 Å². The van der Waals surface area contributed by atoms with Crippen LogP contribution in [0.1, 0.15) is 11.1 Å². The molecule has 0 aliphatic carbocycles. The van der Waals surface area contributed by atoms with E-state index in [1.807, 2.05) is 111 Å². The Bertz CT molecular complexity index is 1900. The zero-order valence-corrected chi connectivity index (χ0v) is 24.9. The van der Waals surface area contributed by atoms with Gasteiger partial charge in [-0.3, -0.25) is 0 Å². The number of hydrogen-bond donors (Lipinski definition) is 0. The number of halogens is 1. The van der Waals surface area contributed by atoms with Crippen LogP contribution >= 0.6 is 0 Å². The molecule has 4 aromatic carbocycles. The molecule has 3 heterocycles. The van der Waals surface area contributed by atoms with Crippen molar-refractivity contribution < 1.29 is 28.9 Å². The van der Waals surface area contributed by atoms with Gasteiger partial charge in [-0.1, -0.05) is 65.5 Å². The van der Waals surface area contributed by atoms with E-state index in [1.54, 1.807) is 6.07 Å². The molecule has 7 aromatic rings. The van der Waals surface area contributed by atoms with Crippen LogP contribution in [0, 0.1) is 31.8 Å². The van der Waals surface area contributed by atoms with Gasteiger partial charge in [0.05, 0.1) is 11.1 Å². The van der Waals surface area contributed by atoms with Gasteiger partial charge in [0.2, 0.25) is 0 Å². The van der Waals surface area contributed by atoms with Crippen LogP contribution in [0.25, 0.3) is 55.6 Å². The Hall–Kier alpha value is -4.44. The van der Waals surface area contributed by atoms with Crippen molar-refractivity contribution in [3.05, 3.63) is 145 Å². The fourth-order valence-corrected chi connectivity index (χ4v) is 4.64. The fourth-order valence-electron chi connectivity index (χ4n) is 4.64. The Morgan fingerprint density at radius 1 is 0.634 bits per heavy atom. The monoisotopic (exact) mass is 713 g/mol. The maximum atomic E-state index is 14.7. The van der Waals surface area contributed by atoms with E-state index in [2.05, 4.69) is 28.2 Å². The van der Waals surface area contributed by atoms with Gasteiger partial charge in [0.1, 0.15) is 11.4 Å². The van der Waals surface area contributed by atoms with Gasteiger partial charge in [0, 0.05) is 37.9 Å². The quantitative estimate of drug-likeness (QED) is 0.172. The number of furan rings is 1. The van der Waals surface area contributed by atoms with E-state index < -0.39 is 0 Å². The van der Waals surface area contributed by atoms with E-state index in [0.717, 1.165) is 44.4 Å². The van der Waals surface area contributed by atoms with Gasteiger partial charge in [0.15, 0.2) is 0 Å². The second-order valence-corrected chi connectivity index (χ2v) is 9.58. The minimum absolute atomic E-state index is 0. The van der Waals surface area contributed by atoms with Crippen LogP contribution in [-0.4, -0.2) is 9.97 Å². The molecule has 0 amide bonds. The number of fused-ring (bicyclic) bond motifs is 3. The Morgan fingerprint density at radius 2 is 1.32 bits per heavy atom. The van der Waals surface area contributed by atoms with Crippen molar-refractivity contribution in [3.8, 4) is 33.6 Å². The predicted octanol–water partition coefficient (Wildman–Crippen LogP) is 9.42. The molecule has 0 spiro atoms. The van der Waals surface area contributed by atoms with Gasteiger partial charge in [-0.25, -0.2) is 4.39 Å². The van der Waals surface area contributed by atoms with E-state index in [0.29, 0.717) is 16.7 Å². The topological polar surface area (TPSA) is 38.9 Å². The second-order valence-electron chi connectivity index (χ2n) is 9.58. The molecule has 203 valence electrons. The molecule has 0 unspecified atom stereocenters. The minimum Gasteiger partial charge on any atom is -0.500 e. The van der Waals surface area contributed by atoms with Crippen LogP contribution in [0.4, 0.5) is 4.39 Å². The summed E-state index contributed by atoms with van der Waals surface area (Å²) in [6, 6.07) is 38.8. The van der Waals surface area contributed by atoms with Gasteiger partial charge in [-0.15, -0.1) is 54.1 Å². The van der Waals surface area contributed by atoms with Crippen LogP contribution < -0.4 is 0 Å². The van der Waals surface area contributed by atoms with Gasteiger partial charge >= 0.3 is 0 Å². The average Bonchev–Trinajstić information content (AvgIpc) is 3.38. The van der Waals surface area contributed by atoms with E-state index in [4.69, 9.17) is 4.42 Å². The maximum absolute atomic E-state index is 14.7. The number of hydrogen-bond acceptors (Lipinski definition) is 3. The third-order valence-corrected chi connectivity index (χ3v) is 6.68.